The number of halogens is 3. The molecular formula is C23H19F3N4O2. The van der Waals surface area contributed by atoms with Crippen molar-refractivity contribution in [2.75, 3.05) is 6.61 Å². The summed E-state index contributed by atoms with van der Waals surface area (Å²) in [4.78, 5) is 0. The van der Waals surface area contributed by atoms with Crippen molar-refractivity contribution >= 4 is 0 Å². The van der Waals surface area contributed by atoms with Crippen molar-refractivity contribution in [1.82, 2.24) is 10.2 Å². The van der Waals surface area contributed by atoms with E-state index in [0.717, 1.165) is 24.1 Å². The van der Waals surface area contributed by atoms with Crippen molar-refractivity contribution < 1.29 is 22.6 Å². The number of hydrogen-bond acceptors (Lipinski definition) is 5. The predicted molar refractivity (Wildman–Crippen MR) is 111 cm³/mol. The molecule has 9 heteroatoms. The third-order valence-electron chi connectivity index (χ3n) is 5.13. The third kappa shape index (κ3) is 3.87. The molecule has 1 aliphatic heterocycles. The monoisotopic (exact) mass is 440 g/mol. The number of fused-ring (bicyclic) bond motifs is 1. The molecule has 32 heavy (non-hydrogen) atoms. The SMILES string of the molecule is CCCOc1ccc(-c2[nH]nc3c2C(c2ccc(C(F)(F)F)cc2)C(C#N)=C(N)O3)cc1. The molecule has 0 saturated carbocycles. The average Bonchev–Trinajstić information content (AvgIpc) is 3.19. The van der Waals surface area contributed by atoms with Crippen LogP contribution < -0.4 is 15.2 Å². The highest BCUT2D eigenvalue weighted by Gasteiger charge is 2.36. The molecular weight excluding hydrogens is 421 g/mol. The van der Waals surface area contributed by atoms with Gasteiger partial charge in [0.25, 0.3) is 0 Å². The van der Waals surface area contributed by atoms with E-state index in [1.165, 1.54) is 12.1 Å². The molecule has 0 radical (unpaired) electrons. The van der Waals surface area contributed by atoms with Gasteiger partial charge in [-0.3, -0.25) is 5.10 Å². The molecule has 0 saturated heterocycles. The lowest BCUT2D eigenvalue weighted by Crippen LogP contribution is -2.21. The van der Waals surface area contributed by atoms with Crippen LogP contribution in [0.3, 0.4) is 0 Å². The van der Waals surface area contributed by atoms with Gasteiger partial charge in [-0.1, -0.05) is 19.1 Å². The number of benzene rings is 2. The Labute approximate surface area is 182 Å². The van der Waals surface area contributed by atoms with Gasteiger partial charge in [-0.15, -0.1) is 5.10 Å². The molecule has 6 nitrogen and oxygen atoms in total. The number of alkyl halides is 3. The highest BCUT2D eigenvalue weighted by atomic mass is 19.4. The minimum Gasteiger partial charge on any atom is -0.494 e. The maximum Gasteiger partial charge on any atom is 0.416 e. The molecule has 0 spiro atoms. The molecule has 3 N–H and O–H groups in total. The molecule has 3 aromatic rings. The number of aromatic nitrogens is 2. The molecule has 164 valence electrons. The number of H-pyrrole nitrogens is 1. The lowest BCUT2D eigenvalue weighted by molar-refractivity contribution is -0.137. The fourth-order valence-corrected chi connectivity index (χ4v) is 3.60. The zero-order valence-electron chi connectivity index (χ0n) is 17.0. The van der Waals surface area contributed by atoms with Gasteiger partial charge in [0, 0.05) is 5.56 Å². The van der Waals surface area contributed by atoms with E-state index in [-0.39, 0.29) is 17.3 Å². The van der Waals surface area contributed by atoms with E-state index in [0.29, 0.717) is 29.2 Å². The Morgan fingerprint density at radius 1 is 1.16 bits per heavy atom. The molecule has 0 aliphatic carbocycles. The quantitative estimate of drug-likeness (QED) is 0.575. The van der Waals surface area contributed by atoms with Crippen molar-refractivity contribution in [3.63, 3.8) is 0 Å². The van der Waals surface area contributed by atoms with Crippen LogP contribution >= 0.6 is 0 Å². The summed E-state index contributed by atoms with van der Waals surface area (Å²) in [6.45, 7) is 2.61. The number of nitrogens with zero attached hydrogens (tertiary/aromatic N) is 2. The molecule has 2 aromatic carbocycles. The van der Waals surface area contributed by atoms with E-state index in [1.54, 1.807) is 0 Å². The lowest BCUT2D eigenvalue weighted by atomic mass is 9.83. The summed E-state index contributed by atoms with van der Waals surface area (Å²) in [6.07, 6.45) is -3.58. The van der Waals surface area contributed by atoms with Crippen molar-refractivity contribution in [2.24, 2.45) is 5.73 Å². The molecule has 0 bridgehead atoms. The molecule has 1 aliphatic rings. The van der Waals surface area contributed by atoms with Crippen molar-refractivity contribution in [3.8, 4) is 29.0 Å². The Hall–Kier alpha value is -3.93. The van der Waals surface area contributed by atoms with Crippen LogP contribution in [0.15, 0.2) is 60.0 Å². The summed E-state index contributed by atoms with van der Waals surface area (Å²) < 4.78 is 50.2. The second kappa shape index (κ2) is 8.30. The van der Waals surface area contributed by atoms with Gasteiger partial charge in [0.15, 0.2) is 0 Å². The maximum atomic E-state index is 13.0. The average molecular weight is 440 g/mol. The predicted octanol–water partition coefficient (Wildman–Crippen LogP) is 5.10. The Bertz CT molecular complexity index is 1190. The van der Waals surface area contributed by atoms with Crippen LogP contribution in [0.5, 0.6) is 11.6 Å². The second-order valence-electron chi connectivity index (χ2n) is 7.23. The van der Waals surface area contributed by atoms with Crippen LogP contribution in [-0.2, 0) is 6.18 Å². The first-order valence-corrected chi connectivity index (χ1v) is 9.89. The van der Waals surface area contributed by atoms with E-state index in [9.17, 15) is 18.4 Å². The fraction of sp³-hybridized carbons (Fsp3) is 0.217. The highest BCUT2D eigenvalue weighted by Crippen LogP contribution is 2.46. The lowest BCUT2D eigenvalue weighted by Gasteiger charge is -2.24. The van der Waals surface area contributed by atoms with Gasteiger partial charge in [0.1, 0.15) is 17.4 Å². The first-order chi connectivity index (χ1) is 15.3. The molecule has 1 atom stereocenters. The Morgan fingerprint density at radius 3 is 2.44 bits per heavy atom. The number of nitrogens with two attached hydrogens (primary N) is 1. The number of allylic oxidation sites excluding steroid dienone is 1. The number of nitrogens with one attached hydrogen (secondary N) is 1. The van der Waals surface area contributed by atoms with Crippen LogP contribution in [0.25, 0.3) is 11.3 Å². The Balaban J connectivity index is 1.79. The van der Waals surface area contributed by atoms with Crippen molar-refractivity contribution in [1.29, 1.82) is 5.26 Å². The maximum absolute atomic E-state index is 13.0. The van der Waals surface area contributed by atoms with Gasteiger partial charge < -0.3 is 15.2 Å². The van der Waals surface area contributed by atoms with Crippen LogP contribution in [0.4, 0.5) is 13.2 Å². The zero-order valence-corrected chi connectivity index (χ0v) is 17.0. The largest absolute Gasteiger partial charge is 0.494 e. The normalized spacial score (nSPS) is 15.7. The molecule has 4 rings (SSSR count). The molecule has 0 fully saturated rings. The summed E-state index contributed by atoms with van der Waals surface area (Å²) >= 11 is 0. The molecule has 2 heterocycles. The van der Waals surface area contributed by atoms with Crippen LogP contribution in [-0.4, -0.2) is 16.8 Å². The number of aromatic amines is 1. The van der Waals surface area contributed by atoms with Gasteiger partial charge >= 0.3 is 6.18 Å². The molecule has 1 aromatic heterocycles. The van der Waals surface area contributed by atoms with Gasteiger partial charge in [0.05, 0.1) is 29.3 Å². The first kappa shape index (κ1) is 21.3. The van der Waals surface area contributed by atoms with Crippen LogP contribution in [0, 0.1) is 11.3 Å². The van der Waals surface area contributed by atoms with Gasteiger partial charge in [-0.25, -0.2) is 0 Å². The van der Waals surface area contributed by atoms with Crippen molar-refractivity contribution in [3.05, 3.63) is 76.7 Å². The second-order valence-corrected chi connectivity index (χ2v) is 7.23. The number of nitriles is 1. The summed E-state index contributed by atoms with van der Waals surface area (Å²) in [6, 6.07) is 14.0. The summed E-state index contributed by atoms with van der Waals surface area (Å²) in [5, 5.41) is 16.8. The number of ether oxygens (including phenoxy) is 2. The highest BCUT2D eigenvalue weighted by molar-refractivity contribution is 5.71. The topological polar surface area (TPSA) is 97.0 Å². The van der Waals surface area contributed by atoms with E-state index in [2.05, 4.69) is 10.2 Å². The summed E-state index contributed by atoms with van der Waals surface area (Å²) in [5.74, 6) is 0.0103. The standard InChI is InChI=1S/C23H19F3N4O2/c1-2-11-31-16-9-5-14(6-10-16)20-19-18(13-3-7-15(8-4-13)23(24,25)26)17(12-27)21(28)32-22(19)30-29-20/h3-10,18H,2,11,28H2,1H3,(H,29,30). The molecule has 0 amide bonds. The minimum atomic E-state index is -4.46. The van der Waals surface area contributed by atoms with E-state index in [1.807, 2.05) is 37.3 Å². The summed E-state index contributed by atoms with van der Waals surface area (Å²) in [7, 11) is 0. The van der Waals surface area contributed by atoms with Gasteiger partial charge in [-0.2, -0.15) is 18.4 Å². The minimum absolute atomic E-state index is 0.0998. The van der Waals surface area contributed by atoms with Crippen LogP contribution in [0.2, 0.25) is 0 Å². The van der Waals surface area contributed by atoms with E-state index in [4.69, 9.17) is 15.2 Å². The number of hydrogen-bond donors (Lipinski definition) is 2. The number of rotatable bonds is 5. The Morgan fingerprint density at radius 2 is 1.84 bits per heavy atom. The fourth-order valence-electron chi connectivity index (χ4n) is 3.60. The first-order valence-electron chi connectivity index (χ1n) is 9.89. The van der Waals surface area contributed by atoms with Crippen molar-refractivity contribution in [2.45, 2.75) is 25.4 Å². The third-order valence-corrected chi connectivity index (χ3v) is 5.13. The summed E-state index contributed by atoms with van der Waals surface area (Å²) in [5.41, 5.74) is 7.57. The molecule has 1 unspecified atom stereocenters. The van der Waals surface area contributed by atoms with Crippen LogP contribution in [0.1, 0.15) is 36.0 Å². The Kier molecular flexibility index (Phi) is 5.53. The van der Waals surface area contributed by atoms with Gasteiger partial charge in [-0.05, 0) is 48.4 Å². The smallest absolute Gasteiger partial charge is 0.416 e. The van der Waals surface area contributed by atoms with E-state index >= 15 is 0 Å². The van der Waals surface area contributed by atoms with Gasteiger partial charge in [0.2, 0.25) is 11.8 Å². The zero-order chi connectivity index (χ0) is 22.9. The van der Waals surface area contributed by atoms with E-state index < -0.39 is 17.7 Å².